The predicted octanol–water partition coefficient (Wildman–Crippen LogP) is -0.902. The van der Waals surface area contributed by atoms with E-state index in [9.17, 15) is 14.0 Å². The zero-order valence-corrected chi connectivity index (χ0v) is 10.7. The molecule has 112 valence electrons. The number of nitrogens with zero attached hydrogens (tertiary/aromatic N) is 1. The monoisotopic (exact) mass is 298 g/mol. The van der Waals surface area contributed by atoms with E-state index in [0.717, 1.165) is 17.0 Å². The van der Waals surface area contributed by atoms with Crippen LogP contribution in [0.5, 0.6) is 0 Å². The Morgan fingerprint density at radius 2 is 2.24 bits per heavy atom. The van der Waals surface area contributed by atoms with Crippen LogP contribution in [0, 0.1) is 5.82 Å². The molecule has 1 aliphatic heterocycles. The predicted molar refractivity (Wildman–Crippen MR) is 69.9 cm³/mol. The molecular weight excluding hydrogens is 286 g/mol. The summed E-state index contributed by atoms with van der Waals surface area (Å²) in [7, 11) is -1.95. The first kappa shape index (κ1) is 15.1. The topological polar surface area (TPSA) is 119 Å². The number of nitrogens with one attached hydrogen (secondary N) is 1. The first-order chi connectivity index (χ1) is 9.88. The maximum absolute atomic E-state index is 13.6. The molecule has 1 aromatic rings. The van der Waals surface area contributed by atoms with Crippen LogP contribution < -0.4 is 15.7 Å². The fourth-order valence-corrected chi connectivity index (χ4v) is 1.93. The number of carbonyl (C=O) groups excluding carboxylic acids is 1. The van der Waals surface area contributed by atoms with Crippen LogP contribution >= 0.6 is 0 Å². The number of benzene rings is 1. The maximum atomic E-state index is 13.6. The number of cyclic esters (lactones) is 1. The van der Waals surface area contributed by atoms with Crippen molar-refractivity contribution in [3.8, 4) is 0 Å². The molecule has 1 aliphatic rings. The highest BCUT2D eigenvalue weighted by atomic mass is 19.1. The molecule has 1 aromatic carbocycles. The van der Waals surface area contributed by atoms with Crippen molar-refractivity contribution in [1.29, 1.82) is 0 Å². The van der Waals surface area contributed by atoms with Gasteiger partial charge in [-0.2, -0.15) is 0 Å². The van der Waals surface area contributed by atoms with Crippen LogP contribution in [0.1, 0.15) is 0 Å². The number of anilines is 1. The van der Waals surface area contributed by atoms with Crippen LogP contribution in [0.4, 0.5) is 19.7 Å². The van der Waals surface area contributed by atoms with Gasteiger partial charge in [0.25, 0.3) is 0 Å². The van der Waals surface area contributed by atoms with Crippen molar-refractivity contribution in [3.63, 3.8) is 0 Å². The molecular formula is C11H12BFN2O6. The third kappa shape index (κ3) is 3.41. The van der Waals surface area contributed by atoms with Crippen molar-refractivity contribution < 1.29 is 33.9 Å². The van der Waals surface area contributed by atoms with Crippen molar-refractivity contribution in [2.24, 2.45) is 0 Å². The van der Waals surface area contributed by atoms with Gasteiger partial charge in [-0.25, -0.2) is 14.0 Å². The average Bonchev–Trinajstić information content (AvgIpc) is 2.77. The van der Waals surface area contributed by atoms with Crippen molar-refractivity contribution in [1.82, 2.24) is 5.32 Å². The second-order valence-corrected chi connectivity index (χ2v) is 4.38. The van der Waals surface area contributed by atoms with Gasteiger partial charge in [-0.15, -0.1) is 0 Å². The normalized spacial score (nSPS) is 17.6. The lowest BCUT2D eigenvalue weighted by Gasteiger charge is -2.14. The van der Waals surface area contributed by atoms with Gasteiger partial charge >= 0.3 is 19.3 Å². The molecule has 4 N–H and O–H groups in total. The van der Waals surface area contributed by atoms with Gasteiger partial charge in [0.15, 0.2) is 0 Å². The Labute approximate surface area is 118 Å². The van der Waals surface area contributed by atoms with E-state index in [1.807, 2.05) is 0 Å². The van der Waals surface area contributed by atoms with Crippen molar-refractivity contribution in [2.75, 3.05) is 18.0 Å². The summed E-state index contributed by atoms with van der Waals surface area (Å²) >= 11 is 0. The van der Waals surface area contributed by atoms with E-state index in [1.54, 1.807) is 0 Å². The molecule has 0 bridgehead atoms. The Morgan fingerprint density at radius 3 is 2.81 bits per heavy atom. The van der Waals surface area contributed by atoms with Gasteiger partial charge in [0, 0.05) is 5.46 Å². The summed E-state index contributed by atoms with van der Waals surface area (Å²) in [6.45, 7) is -0.0208. The summed E-state index contributed by atoms with van der Waals surface area (Å²) in [6, 6.07) is 3.46. The van der Waals surface area contributed by atoms with Crippen LogP contribution in [-0.2, 0) is 4.74 Å². The Kier molecular flexibility index (Phi) is 4.29. The van der Waals surface area contributed by atoms with Crippen molar-refractivity contribution in [3.05, 3.63) is 24.0 Å². The highest BCUT2D eigenvalue weighted by molar-refractivity contribution is 6.58. The molecule has 1 saturated heterocycles. The zero-order chi connectivity index (χ0) is 15.6. The molecule has 1 heterocycles. The number of ether oxygens (including phenoxy) is 1. The number of amides is 2. The molecule has 8 nitrogen and oxygen atoms in total. The van der Waals surface area contributed by atoms with Gasteiger partial charge in [0.1, 0.15) is 11.9 Å². The van der Waals surface area contributed by atoms with Gasteiger partial charge in [0.2, 0.25) is 0 Å². The third-order valence-corrected chi connectivity index (χ3v) is 2.93. The first-order valence-corrected chi connectivity index (χ1v) is 5.99. The van der Waals surface area contributed by atoms with E-state index in [4.69, 9.17) is 19.9 Å². The quantitative estimate of drug-likeness (QED) is 0.535. The zero-order valence-electron chi connectivity index (χ0n) is 10.7. The Hall–Kier alpha value is -2.33. The van der Waals surface area contributed by atoms with E-state index in [-0.39, 0.29) is 24.2 Å². The molecule has 0 unspecified atom stereocenters. The summed E-state index contributed by atoms with van der Waals surface area (Å²) in [4.78, 5) is 23.2. The molecule has 0 spiro atoms. The smallest absolute Gasteiger partial charge is 0.465 e. The van der Waals surface area contributed by atoms with Gasteiger partial charge in [-0.1, -0.05) is 6.07 Å². The minimum absolute atomic E-state index is 0.0551. The van der Waals surface area contributed by atoms with Crippen molar-refractivity contribution >= 4 is 30.5 Å². The van der Waals surface area contributed by atoms with E-state index < -0.39 is 31.2 Å². The lowest BCUT2D eigenvalue weighted by Crippen LogP contribution is -2.34. The highest BCUT2D eigenvalue weighted by Gasteiger charge is 2.33. The number of carbonyl (C=O) groups is 2. The summed E-state index contributed by atoms with van der Waals surface area (Å²) < 4.78 is 18.6. The maximum Gasteiger partial charge on any atom is 0.491 e. The van der Waals surface area contributed by atoms with Crippen LogP contribution in [0.3, 0.4) is 0 Å². The molecule has 10 heteroatoms. The Balaban J connectivity index is 2.10. The minimum atomic E-state index is -1.95. The average molecular weight is 298 g/mol. The van der Waals surface area contributed by atoms with Crippen LogP contribution in [0.15, 0.2) is 18.2 Å². The second-order valence-electron chi connectivity index (χ2n) is 4.38. The standard InChI is InChI=1S/C11H12BFN2O6/c13-9-3-6(1-2-8(9)12(19)20)15-5-7(21-11(15)18)4-14-10(16)17/h1-3,7,14,19-20H,4-5H2,(H,16,17)/t7-/m0/s1. The molecule has 0 aromatic heterocycles. The molecule has 1 fully saturated rings. The lowest BCUT2D eigenvalue weighted by molar-refractivity contribution is 0.136. The van der Waals surface area contributed by atoms with E-state index in [2.05, 4.69) is 5.32 Å². The number of carboxylic acid groups (broad SMARTS) is 1. The van der Waals surface area contributed by atoms with Crippen molar-refractivity contribution in [2.45, 2.75) is 6.10 Å². The van der Waals surface area contributed by atoms with Gasteiger partial charge in [-0.3, -0.25) is 4.90 Å². The minimum Gasteiger partial charge on any atom is -0.465 e. The largest absolute Gasteiger partial charge is 0.491 e. The SMILES string of the molecule is O=C(O)NC[C@H]1CN(c2ccc(B(O)O)c(F)c2)C(=O)O1. The molecule has 0 saturated carbocycles. The number of halogens is 1. The van der Waals surface area contributed by atoms with Gasteiger partial charge in [-0.05, 0) is 12.1 Å². The molecule has 2 amide bonds. The molecule has 21 heavy (non-hydrogen) atoms. The summed E-state index contributed by atoms with van der Waals surface area (Å²) in [5, 5.41) is 28.4. The third-order valence-electron chi connectivity index (χ3n) is 2.93. The summed E-state index contributed by atoms with van der Waals surface area (Å²) in [5.41, 5.74) is -0.130. The summed E-state index contributed by atoms with van der Waals surface area (Å²) in [5.74, 6) is -0.873. The molecule has 0 aliphatic carbocycles. The van der Waals surface area contributed by atoms with Crippen LogP contribution in [0.25, 0.3) is 0 Å². The Morgan fingerprint density at radius 1 is 1.52 bits per heavy atom. The van der Waals surface area contributed by atoms with E-state index >= 15 is 0 Å². The fraction of sp³-hybridized carbons (Fsp3) is 0.273. The van der Waals surface area contributed by atoms with Crippen LogP contribution in [-0.4, -0.2) is 53.7 Å². The van der Waals surface area contributed by atoms with Gasteiger partial charge in [0.05, 0.1) is 18.8 Å². The summed E-state index contributed by atoms with van der Waals surface area (Å²) in [6.07, 6.45) is -2.65. The van der Waals surface area contributed by atoms with Gasteiger partial charge < -0.3 is 25.2 Å². The molecule has 0 radical (unpaired) electrons. The first-order valence-electron chi connectivity index (χ1n) is 5.99. The van der Waals surface area contributed by atoms with E-state index in [0.29, 0.717) is 0 Å². The number of rotatable bonds is 4. The molecule has 2 rings (SSSR count). The fourth-order valence-electron chi connectivity index (χ4n) is 1.93. The molecule has 1 atom stereocenters. The highest BCUT2D eigenvalue weighted by Crippen LogP contribution is 2.21. The second kappa shape index (κ2) is 5.98. The number of hydrogen-bond acceptors (Lipinski definition) is 5. The van der Waals surface area contributed by atoms with Crippen LogP contribution in [0.2, 0.25) is 0 Å². The number of hydrogen-bond donors (Lipinski definition) is 4. The Bertz CT molecular complexity index is 570. The lowest BCUT2D eigenvalue weighted by atomic mass is 9.80. The van der Waals surface area contributed by atoms with E-state index in [1.165, 1.54) is 6.07 Å².